The molecular weight excluding hydrogens is 232 g/mol. The predicted molar refractivity (Wildman–Crippen MR) is 70.0 cm³/mol. The molecule has 0 unspecified atom stereocenters. The molecule has 0 atom stereocenters. The normalized spacial score (nSPS) is 11.2. The summed E-state index contributed by atoms with van der Waals surface area (Å²) in [5, 5.41) is 3.24. The Morgan fingerprint density at radius 2 is 2.24 bits per heavy atom. The SMILES string of the molecule is CCN(CCc1nccs1)Cc1nccn1C. The maximum Gasteiger partial charge on any atom is 0.122 e. The third-order valence-corrected chi connectivity index (χ3v) is 3.70. The summed E-state index contributed by atoms with van der Waals surface area (Å²) in [6, 6.07) is 0. The van der Waals surface area contributed by atoms with Crippen LogP contribution in [0.3, 0.4) is 0 Å². The maximum absolute atomic E-state index is 4.36. The molecule has 0 aliphatic carbocycles. The molecule has 2 aromatic heterocycles. The smallest absolute Gasteiger partial charge is 0.122 e. The van der Waals surface area contributed by atoms with Gasteiger partial charge in [0.15, 0.2) is 0 Å². The van der Waals surface area contributed by atoms with Crippen molar-refractivity contribution in [2.75, 3.05) is 13.1 Å². The Morgan fingerprint density at radius 1 is 1.35 bits per heavy atom. The molecule has 0 fully saturated rings. The van der Waals surface area contributed by atoms with E-state index in [4.69, 9.17) is 0 Å². The first-order valence-corrected chi connectivity index (χ1v) is 6.74. The molecule has 2 heterocycles. The van der Waals surface area contributed by atoms with Crippen LogP contribution in [0.4, 0.5) is 0 Å². The molecule has 0 aromatic carbocycles. The Balaban J connectivity index is 1.87. The summed E-state index contributed by atoms with van der Waals surface area (Å²) in [7, 11) is 2.04. The van der Waals surface area contributed by atoms with Gasteiger partial charge in [-0.1, -0.05) is 6.92 Å². The minimum absolute atomic E-state index is 0.908. The molecule has 17 heavy (non-hydrogen) atoms. The summed E-state index contributed by atoms with van der Waals surface area (Å²) in [6.45, 7) is 5.17. The molecule has 0 N–H and O–H groups in total. The van der Waals surface area contributed by atoms with E-state index in [1.165, 1.54) is 5.01 Å². The lowest BCUT2D eigenvalue weighted by Crippen LogP contribution is -2.26. The van der Waals surface area contributed by atoms with Gasteiger partial charge < -0.3 is 4.57 Å². The number of aromatic nitrogens is 3. The van der Waals surface area contributed by atoms with Crippen LogP contribution in [0.5, 0.6) is 0 Å². The second-order valence-electron chi connectivity index (χ2n) is 4.00. The number of imidazole rings is 1. The van der Waals surface area contributed by atoms with Crippen molar-refractivity contribution < 1.29 is 0 Å². The van der Waals surface area contributed by atoms with E-state index in [0.717, 1.165) is 31.9 Å². The van der Waals surface area contributed by atoms with Gasteiger partial charge in [0.05, 0.1) is 11.6 Å². The Morgan fingerprint density at radius 3 is 2.82 bits per heavy atom. The highest BCUT2D eigenvalue weighted by molar-refractivity contribution is 7.09. The fourth-order valence-corrected chi connectivity index (χ4v) is 2.34. The summed E-state index contributed by atoms with van der Waals surface area (Å²) < 4.78 is 2.08. The fraction of sp³-hybridized carbons (Fsp3) is 0.500. The minimum atomic E-state index is 0.908. The van der Waals surface area contributed by atoms with E-state index < -0.39 is 0 Å². The quantitative estimate of drug-likeness (QED) is 0.785. The first-order valence-electron chi connectivity index (χ1n) is 5.86. The number of hydrogen-bond acceptors (Lipinski definition) is 4. The number of aryl methyl sites for hydroxylation is 1. The Labute approximate surface area is 106 Å². The molecule has 0 radical (unpaired) electrons. The Kier molecular flexibility index (Phi) is 4.28. The lowest BCUT2D eigenvalue weighted by Gasteiger charge is -2.19. The molecule has 0 saturated heterocycles. The molecule has 5 heteroatoms. The largest absolute Gasteiger partial charge is 0.337 e. The van der Waals surface area contributed by atoms with E-state index in [9.17, 15) is 0 Å². The third-order valence-electron chi connectivity index (χ3n) is 2.86. The Bertz CT molecular complexity index is 435. The second kappa shape index (κ2) is 5.93. The van der Waals surface area contributed by atoms with Gasteiger partial charge in [-0.25, -0.2) is 9.97 Å². The van der Waals surface area contributed by atoms with Crippen LogP contribution in [-0.2, 0) is 20.0 Å². The lowest BCUT2D eigenvalue weighted by atomic mass is 10.3. The van der Waals surface area contributed by atoms with Gasteiger partial charge in [0.1, 0.15) is 5.82 Å². The van der Waals surface area contributed by atoms with Crippen molar-refractivity contribution in [1.29, 1.82) is 0 Å². The summed E-state index contributed by atoms with van der Waals surface area (Å²) in [5.41, 5.74) is 0. The summed E-state index contributed by atoms with van der Waals surface area (Å²) in [6.07, 6.45) is 6.74. The van der Waals surface area contributed by atoms with Crippen molar-refractivity contribution >= 4 is 11.3 Å². The molecule has 0 spiro atoms. The van der Waals surface area contributed by atoms with Gasteiger partial charge in [-0.15, -0.1) is 11.3 Å². The van der Waals surface area contributed by atoms with Crippen LogP contribution in [0.15, 0.2) is 24.0 Å². The van der Waals surface area contributed by atoms with Crippen LogP contribution in [0.2, 0.25) is 0 Å². The topological polar surface area (TPSA) is 34.0 Å². The minimum Gasteiger partial charge on any atom is -0.337 e. The van der Waals surface area contributed by atoms with Gasteiger partial charge in [0.2, 0.25) is 0 Å². The van der Waals surface area contributed by atoms with Gasteiger partial charge in [-0.05, 0) is 6.54 Å². The average molecular weight is 250 g/mol. The van der Waals surface area contributed by atoms with E-state index in [-0.39, 0.29) is 0 Å². The van der Waals surface area contributed by atoms with Gasteiger partial charge >= 0.3 is 0 Å². The molecule has 2 rings (SSSR count). The van der Waals surface area contributed by atoms with Crippen molar-refractivity contribution in [2.24, 2.45) is 7.05 Å². The van der Waals surface area contributed by atoms with Crippen LogP contribution in [0, 0.1) is 0 Å². The van der Waals surface area contributed by atoms with Gasteiger partial charge in [-0.3, -0.25) is 4.90 Å². The van der Waals surface area contributed by atoms with E-state index in [1.807, 2.05) is 31.0 Å². The molecule has 0 bridgehead atoms. The molecule has 0 amide bonds. The van der Waals surface area contributed by atoms with Crippen molar-refractivity contribution in [3.63, 3.8) is 0 Å². The van der Waals surface area contributed by atoms with Crippen molar-refractivity contribution in [1.82, 2.24) is 19.4 Å². The zero-order valence-corrected chi connectivity index (χ0v) is 11.2. The first-order chi connectivity index (χ1) is 8.29. The van der Waals surface area contributed by atoms with Crippen LogP contribution in [-0.4, -0.2) is 32.5 Å². The number of rotatable bonds is 6. The van der Waals surface area contributed by atoms with E-state index in [1.54, 1.807) is 11.3 Å². The highest BCUT2D eigenvalue weighted by atomic mass is 32.1. The Hall–Kier alpha value is -1.20. The number of thiazole rings is 1. The van der Waals surface area contributed by atoms with E-state index in [0.29, 0.717) is 0 Å². The van der Waals surface area contributed by atoms with Crippen LogP contribution < -0.4 is 0 Å². The number of nitrogens with zero attached hydrogens (tertiary/aromatic N) is 4. The fourth-order valence-electron chi connectivity index (χ4n) is 1.73. The molecular formula is C12H18N4S. The zero-order chi connectivity index (χ0) is 12.1. The molecule has 0 aliphatic rings. The number of hydrogen-bond donors (Lipinski definition) is 0. The zero-order valence-electron chi connectivity index (χ0n) is 10.3. The predicted octanol–water partition coefficient (Wildman–Crippen LogP) is 1.94. The molecule has 4 nitrogen and oxygen atoms in total. The molecule has 2 aromatic rings. The van der Waals surface area contributed by atoms with Crippen LogP contribution in [0.25, 0.3) is 0 Å². The number of likely N-dealkylation sites (N-methyl/N-ethyl adjacent to an activating group) is 1. The van der Waals surface area contributed by atoms with E-state index in [2.05, 4.69) is 26.4 Å². The van der Waals surface area contributed by atoms with Gasteiger partial charge in [0, 0.05) is 44.0 Å². The van der Waals surface area contributed by atoms with Crippen LogP contribution in [0.1, 0.15) is 17.8 Å². The van der Waals surface area contributed by atoms with Gasteiger partial charge in [0.25, 0.3) is 0 Å². The average Bonchev–Trinajstić information content (AvgIpc) is 2.96. The van der Waals surface area contributed by atoms with E-state index >= 15 is 0 Å². The monoisotopic (exact) mass is 250 g/mol. The van der Waals surface area contributed by atoms with Crippen molar-refractivity contribution in [3.8, 4) is 0 Å². The lowest BCUT2D eigenvalue weighted by molar-refractivity contribution is 0.273. The standard InChI is InChI=1S/C12H18N4S/c1-3-16(7-4-12-14-6-9-17-12)10-11-13-5-8-15(11)2/h5-6,8-9H,3-4,7,10H2,1-2H3. The highest BCUT2D eigenvalue weighted by Crippen LogP contribution is 2.07. The van der Waals surface area contributed by atoms with Crippen LogP contribution >= 0.6 is 11.3 Å². The summed E-state index contributed by atoms with van der Waals surface area (Å²) >= 11 is 1.73. The maximum atomic E-state index is 4.36. The van der Waals surface area contributed by atoms with Crippen molar-refractivity contribution in [2.45, 2.75) is 19.9 Å². The second-order valence-corrected chi connectivity index (χ2v) is 4.98. The highest BCUT2D eigenvalue weighted by Gasteiger charge is 2.08. The van der Waals surface area contributed by atoms with Gasteiger partial charge in [-0.2, -0.15) is 0 Å². The first kappa shape index (κ1) is 12.3. The van der Waals surface area contributed by atoms with Crippen molar-refractivity contribution in [3.05, 3.63) is 34.8 Å². The molecule has 0 saturated carbocycles. The third kappa shape index (κ3) is 3.38. The summed E-state index contributed by atoms with van der Waals surface area (Å²) in [5.74, 6) is 1.12. The summed E-state index contributed by atoms with van der Waals surface area (Å²) in [4.78, 5) is 11.1. The molecule has 92 valence electrons. The molecule has 0 aliphatic heterocycles.